The van der Waals surface area contributed by atoms with E-state index in [0.29, 0.717) is 28.7 Å². The molecule has 3 aliphatic carbocycles. The number of hydrogen-bond donors (Lipinski definition) is 1. The van der Waals surface area contributed by atoms with Crippen molar-refractivity contribution in [3.63, 3.8) is 0 Å². The lowest BCUT2D eigenvalue weighted by Gasteiger charge is -2.47. The molecule has 0 saturated heterocycles. The van der Waals surface area contributed by atoms with Crippen LogP contribution in [-0.4, -0.2) is 25.1 Å². The highest BCUT2D eigenvalue weighted by atomic mass is 32.1. The van der Waals surface area contributed by atoms with Gasteiger partial charge < -0.3 is 0 Å². The van der Waals surface area contributed by atoms with Crippen molar-refractivity contribution in [1.29, 1.82) is 0 Å². The van der Waals surface area contributed by atoms with E-state index in [9.17, 15) is 8.78 Å². The van der Waals surface area contributed by atoms with Crippen molar-refractivity contribution in [1.82, 2.24) is 25.1 Å². The number of rotatable bonds is 4. The first kappa shape index (κ1) is 19.9. The van der Waals surface area contributed by atoms with Gasteiger partial charge in [-0.15, -0.1) is 11.3 Å². The van der Waals surface area contributed by atoms with Crippen LogP contribution in [0.15, 0.2) is 29.6 Å². The van der Waals surface area contributed by atoms with E-state index in [2.05, 4.69) is 28.2 Å². The zero-order valence-electron chi connectivity index (χ0n) is 17.7. The maximum atomic E-state index is 13.9. The van der Waals surface area contributed by atoms with Crippen molar-refractivity contribution in [2.75, 3.05) is 0 Å². The van der Waals surface area contributed by atoms with Crippen LogP contribution >= 0.6 is 11.3 Å². The van der Waals surface area contributed by atoms with Crippen LogP contribution in [0, 0.1) is 35.4 Å². The number of aromatic amines is 1. The molecule has 0 spiro atoms. The highest BCUT2D eigenvalue weighted by molar-refractivity contribution is 7.13. The van der Waals surface area contributed by atoms with Crippen molar-refractivity contribution < 1.29 is 8.78 Å². The molecule has 5 nitrogen and oxygen atoms in total. The Bertz CT molecular complexity index is 1280. The van der Waals surface area contributed by atoms with E-state index in [-0.39, 0.29) is 5.65 Å². The third-order valence-corrected chi connectivity index (χ3v) is 8.41. The average molecular weight is 452 g/mol. The predicted octanol–water partition coefficient (Wildman–Crippen LogP) is 6.04. The Kier molecular flexibility index (Phi) is 4.78. The van der Waals surface area contributed by atoms with Crippen molar-refractivity contribution in [3.8, 4) is 22.1 Å². The van der Waals surface area contributed by atoms with Gasteiger partial charge in [0.05, 0.1) is 16.0 Å². The second-order valence-electron chi connectivity index (χ2n) is 9.18. The summed E-state index contributed by atoms with van der Waals surface area (Å²) in [6.07, 6.45) is 6.25. The first-order chi connectivity index (χ1) is 15.6. The summed E-state index contributed by atoms with van der Waals surface area (Å²) in [5, 5.41) is 9.31. The Morgan fingerprint density at radius 1 is 1.06 bits per heavy atom. The summed E-state index contributed by atoms with van der Waals surface area (Å²) in [4.78, 5) is 14.3. The molecular formula is C24H23F2N5S. The van der Waals surface area contributed by atoms with Gasteiger partial charge in [-0.1, -0.05) is 13.0 Å². The van der Waals surface area contributed by atoms with Gasteiger partial charge in [0, 0.05) is 5.69 Å². The largest absolute Gasteiger partial charge is 0.272 e. The molecule has 2 atom stereocenters. The molecule has 2 unspecified atom stereocenters. The molecule has 0 amide bonds. The van der Waals surface area contributed by atoms with Gasteiger partial charge in [-0.05, 0) is 79.4 Å². The van der Waals surface area contributed by atoms with Gasteiger partial charge in [0.25, 0.3) is 5.95 Å². The number of hydrogen-bond acceptors (Lipinski definition) is 5. The van der Waals surface area contributed by atoms with Gasteiger partial charge in [0.2, 0.25) is 0 Å². The Hall–Kier alpha value is -2.74. The summed E-state index contributed by atoms with van der Waals surface area (Å²) in [7, 11) is 0. The summed E-state index contributed by atoms with van der Waals surface area (Å²) >= 11 is 1.62. The molecule has 3 aliphatic rings. The van der Waals surface area contributed by atoms with Crippen molar-refractivity contribution in [2.24, 2.45) is 23.7 Å². The minimum absolute atomic E-state index is 0.115. The Morgan fingerprint density at radius 2 is 1.88 bits per heavy atom. The van der Waals surface area contributed by atoms with Gasteiger partial charge >= 0.3 is 0 Å². The number of thiophene rings is 1. The molecule has 32 heavy (non-hydrogen) atoms. The fourth-order valence-electron chi connectivity index (χ4n) is 5.80. The lowest BCUT2D eigenvalue weighted by molar-refractivity contribution is 0.0339. The number of H-pyrrole nitrogens is 1. The third kappa shape index (κ3) is 3.32. The lowest BCUT2D eigenvalue weighted by Crippen LogP contribution is -2.39. The number of nitrogens with zero attached hydrogens (tertiary/aromatic N) is 4. The van der Waals surface area contributed by atoms with Crippen LogP contribution in [0.4, 0.5) is 8.78 Å². The van der Waals surface area contributed by atoms with Crippen molar-refractivity contribution in [3.05, 3.63) is 47.1 Å². The molecule has 4 aromatic heterocycles. The van der Waals surface area contributed by atoms with Crippen LogP contribution in [0.3, 0.4) is 0 Å². The molecule has 7 rings (SSSR count). The maximum absolute atomic E-state index is 13.9. The number of halogens is 2. The number of pyridine rings is 1. The minimum atomic E-state index is -1.16. The van der Waals surface area contributed by atoms with Gasteiger partial charge in [-0.3, -0.25) is 5.10 Å². The molecule has 3 saturated carbocycles. The summed E-state index contributed by atoms with van der Waals surface area (Å²) in [6.45, 7) is 2.40. The van der Waals surface area contributed by atoms with Crippen LogP contribution < -0.4 is 0 Å². The SMILES string of the molecule is CC1C2CCC(CC2)C1Cc1cc(-c2cccs2)nc(-c2[nH]nc3nc(F)c(F)cc23)n1. The van der Waals surface area contributed by atoms with Gasteiger partial charge in [0.1, 0.15) is 5.69 Å². The first-order valence-electron chi connectivity index (χ1n) is 11.2. The van der Waals surface area contributed by atoms with Crippen LogP contribution in [0.25, 0.3) is 33.1 Å². The van der Waals surface area contributed by atoms with E-state index >= 15 is 0 Å². The lowest BCUT2D eigenvalue weighted by atomic mass is 9.58. The van der Waals surface area contributed by atoms with Crippen LogP contribution in [0.1, 0.15) is 38.3 Å². The first-order valence-corrected chi connectivity index (χ1v) is 12.1. The highest BCUT2D eigenvalue weighted by Gasteiger charge is 2.41. The van der Waals surface area contributed by atoms with E-state index in [1.54, 1.807) is 11.3 Å². The molecule has 0 aliphatic heterocycles. The molecule has 4 aromatic rings. The van der Waals surface area contributed by atoms with Crippen LogP contribution in [0.5, 0.6) is 0 Å². The quantitative estimate of drug-likeness (QED) is 0.384. The molecule has 2 bridgehead atoms. The Balaban J connectivity index is 1.45. The fourth-order valence-corrected chi connectivity index (χ4v) is 6.49. The van der Waals surface area contributed by atoms with E-state index in [1.165, 1.54) is 25.7 Å². The highest BCUT2D eigenvalue weighted by Crippen LogP contribution is 2.49. The second-order valence-corrected chi connectivity index (χ2v) is 10.1. The van der Waals surface area contributed by atoms with Crippen LogP contribution in [-0.2, 0) is 6.42 Å². The molecule has 8 heteroatoms. The number of aromatic nitrogens is 5. The second kappa shape index (κ2) is 7.69. The number of fused-ring (bicyclic) bond motifs is 4. The summed E-state index contributed by atoms with van der Waals surface area (Å²) < 4.78 is 27.5. The molecule has 0 aromatic carbocycles. The van der Waals surface area contributed by atoms with Crippen molar-refractivity contribution >= 4 is 22.4 Å². The Morgan fingerprint density at radius 3 is 2.62 bits per heavy atom. The monoisotopic (exact) mass is 451 g/mol. The van der Waals surface area contributed by atoms with E-state index in [4.69, 9.17) is 9.97 Å². The standard InChI is InChI=1S/C24H23F2N5S/c1-12-13-4-6-14(7-5-13)16(12)9-15-10-19(20-3-2-8-32-20)28-24(27-15)21-17-11-18(25)22(26)29-23(17)31-30-21/h2-3,8,10-14,16H,4-7,9H2,1H3,(H,29,30,31). The normalized spacial score (nSPS) is 25.0. The fraction of sp³-hybridized carbons (Fsp3) is 0.417. The third-order valence-electron chi connectivity index (χ3n) is 7.52. The van der Waals surface area contributed by atoms with Gasteiger partial charge in [-0.2, -0.15) is 14.5 Å². The van der Waals surface area contributed by atoms with Gasteiger partial charge in [-0.25, -0.2) is 14.4 Å². The van der Waals surface area contributed by atoms with Crippen LogP contribution in [0.2, 0.25) is 0 Å². The zero-order chi connectivity index (χ0) is 21.8. The molecule has 3 fully saturated rings. The molecule has 4 heterocycles. The van der Waals surface area contributed by atoms with E-state index < -0.39 is 11.8 Å². The zero-order valence-corrected chi connectivity index (χ0v) is 18.5. The Labute approximate surface area is 188 Å². The minimum Gasteiger partial charge on any atom is -0.272 e. The molecular weight excluding hydrogens is 428 g/mol. The smallest absolute Gasteiger partial charge is 0.251 e. The molecule has 164 valence electrons. The average Bonchev–Trinajstić information content (AvgIpc) is 3.47. The topological polar surface area (TPSA) is 67.3 Å². The number of nitrogens with one attached hydrogen (secondary N) is 1. The van der Waals surface area contributed by atoms with Crippen molar-refractivity contribution in [2.45, 2.75) is 39.0 Å². The molecule has 0 radical (unpaired) electrons. The summed E-state index contributed by atoms with van der Waals surface area (Å²) in [6, 6.07) is 7.23. The molecule has 1 N–H and O–H groups in total. The van der Waals surface area contributed by atoms with E-state index in [0.717, 1.165) is 40.6 Å². The van der Waals surface area contributed by atoms with Gasteiger partial charge in [0.15, 0.2) is 17.3 Å². The predicted molar refractivity (Wildman–Crippen MR) is 120 cm³/mol. The summed E-state index contributed by atoms with van der Waals surface area (Å²) in [5.41, 5.74) is 2.40. The maximum Gasteiger partial charge on any atom is 0.251 e. The van der Waals surface area contributed by atoms with E-state index in [1.807, 2.05) is 17.5 Å². The summed E-state index contributed by atoms with van der Waals surface area (Å²) in [5.74, 6) is 1.16.